The molecular weight excluding hydrogens is 342 g/mol. The normalized spacial score (nSPS) is 23.3. The summed E-state index contributed by atoms with van der Waals surface area (Å²) in [6.45, 7) is 3.27. The molecule has 2 amide bonds. The van der Waals surface area contributed by atoms with Crippen molar-refractivity contribution < 1.29 is 14.3 Å². The van der Waals surface area contributed by atoms with E-state index in [1.807, 2.05) is 48.2 Å². The summed E-state index contributed by atoms with van der Waals surface area (Å²) in [4.78, 5) is 32.9. The van der Waals surface area contributed by atoms with Crippen LogP contribution in [0.5, 0.6) is 0 Å². The number of ether oxygens (including phenoxy) is 1. The average molecular weight is 365 g/mol. The number of amides is 2. The van der Waals surface area contributed by atoms with Crippen LogP contribution in [0.25, 0.3) is 0 Å². The number of morpholine rings is 1. The van der Waals surface area contributed by atoms with Crippen LogP contribution in [0.15, 0.2) is 48.8 Å². The number of hydrogen-bond donors (Lipinski definition) is 0. The first-order valence-electron chi connectivity index (χ1n) is 9.17. The molecule has 140 valence electrons. The van der Waals surface area contributed by atoms with E-state index in [1.165, 1.54) is 5.56 Å². The van der Waals surface area contributed by atoms with Gasteiger partial charge in [0.05, 0.1) is 6.04 Å². The van der Waals surface area contributed by atoms with Gasteiger partial charge in [-0.15, -0.1) is 0 Å². The van der Waals surface area contributed by atoms with Crippen LogP contribution in [-0.2, 0) is 14.3 Å². The zero-order valence-corrected chi connectivity index (χ0v) is 15.5. The van der Waals surface area contributed by atoms with Crippen molar-refractivity contribution in [1.29, 1.82) is 0 Å². The Balaban J connectivity index is 1.53. The van der Waals surface area contributed by atoms with Crippen LogP contribution in [0.3, 0.4) is 0 Å². The molecule has 0 aliphatic carbocycles. The van der Waals surface area contributed by atoms with Crippen LogP contribution in [-0.4, -0.2) is 59.4 Å². The molecule has 1 aromatic carbocycles. The Labute approximate surface area is 158 Å². The first kappa shape index (κ1) is 17.7. The molecule has 6 heteroatoms. The lowest BCUT2D eigenvalue weighted by Gasteiger charge is -2.45. The second kappa shape index (κ2) is 7.12. The first-order valence-corrected chi connectivity index (χ1v) is 9.17. The van der Waals surface area contributed by atoms with Crippen molar-refractivity contribution in [3.05, 3.63) is 65.5 Å². The quantitative estimate of drug-likeness (QED) is 0.834. The van der Waals surface area contributed by atoms with Gasteiger partial charge in [-0.05, 0) is 35.7 Å². The number of carbonyl (C=O) groups is 2. The number of rotatable bonds is 3. The third kappa shape index (κ3) is 3.21. The molecule has 2 fully saturated rings. The smallest absolute Gasteiger partial charge is 0.254 e. The topological polar surface area (TPSA) is 62.7 Å². The fraction of sp³-hybridized carbons (Fsp3) is 0.381. The van der Waals surface area contributed by atoms with E-state index < -0.39 is 12.1 Å². The molecule has 2 aliphatic rings. The average Bonchev–Trinajstić information content (AvgIpc) is 2.64. The predicted molar refractivity (Wildman–Crippen MR) is 100.0 cm³/mol. The molecule has 4 rings (SSSR count). The summed E-state index contributed by atoms with van der Waals surface area (Å²) in [6, 6.07) is 11.4. The number of nitrogens with zero attached hydrogens (tertiary/aromatic N) is 3. The maximum atomic E-state index is 13.2. The third-order valence-corrected chi connectivity index (χ3v) is 5.61. The van der Waals surface area contributed by atoms with Gasteiger partial charge in [0, 0.05) is 38.4 Å². The minimum absolute atomic E-state index is 0.0482. The van der Waals surface area contributed by atoms with Gasteiger partial charge in [-0.1, -0.05) is 24.3 Å². The van der Waals surface area contributed by atoms with Crippen molar-refractivity contribution >= 4 is 11.8 Å². The summed E-state index contributed by atoms with van der Waals surface area (Å²) in [5, 5.41) is 0. The van der Waals surface area contributed by atoms with Gasteiger partial charge in [0.1, 0.15) is 6.61 Å². The summed E-state index contributed by atoms with van der Waals surface area (Å²) in [5.74, 6) is 0.176. The lowest BCUT2D eigenvalue weighted by molar-refractivity contribution is -0.170. The molecule has 27 heavy (non-hydrogen) atoms. The third-order valence-electron chi connectivity index (χ3n) is 5.61. The summed E-state index contributed by atoms with van der Waals surface area (Å²) in [7, 11) is 1.75. The van der Waals surface area contributed by atoms with E-state index in [2.05, 4.69) is 4.98 Å². The Morgan fingerprint density at radius 2 is 1.85 bits per heavy atom. The number of benzene rings is 1. The number of pyridine rings is 1. The number of aromatic nitrogens is 1. The molecular formula is C21H23N3O3. The zero-order valence-electron chi connectivity index (χ0n) is 15.5. The zero-order chi connectivity index (χ0) is 19.0. The molecule has 0 saturated carbocycles. The van der Waals surface area contributed by atoms with E-state index in [4.69, 9.17) is 4.74 Å². The van der Waals surface area contributed by atoms with E-state index in [0.29, 0.717) is 19.0 Å². The maximum Gasteiger partial charge on any atom is 0.254 e. The Hall–Kier alpha value is -2.73. The van der Waals surface area contributed by atoms with Gasteiger partial charge in [0.15, 0.2) is 6.10 Å². The molecule has 2 atom stereocenters. The molecule has 0 spiro atoms. The van der Waals surface area contributed by atoms with E-state index in [9.17, 15) is 9.59 Å². The van der Waals surface area contributed by atoms with Crippen LogP contribution in [0, 0.1) is 6.92 Å². The summed E-state index contributed by atoms with van der Waals surface area (Å²) >= 11 is 0. The second-order valence-corrected chi connectivity index (χ2v) is 7.26. The van der Waals surface area contributed by atoms with Crippen molar-refractivity contribution in [3.63, 3.8) is 0 Å². The van der Waals surface area contributed by atoms with Gasteiger partial charge in [0.2, 0.25) is 5.91 Å². The van der Waals surface area contributed by atoms with Gasteiger partial charge in [-0.25, -0.2) is 0 Å². The lowest BCUT2D eigenvalue weighted by atomic mass is 9.89. The summed E-state index contributed by atoms with van der Waals surface area (Å²) in [6.07, 6.45) is 2.88. The minimum Gasteiger partial charge on any atom is -0.356 e. The van der Waals surface area contributed by atoms with Gasteiger partial charge in [-0.3, -0.25) is 14.6 Å². The lowest BCUT2D eigenvalue weighted by Crippen LogP contribution is -2.58. The van der Waals surface area contributed by atoms with E-state index in [1.54, 1.807) is 24.3 Å². The first-order chi connectivity index (χ1) is 13.1. The predicted octanol–water partition coefficient (Wildman–Crippen LogP) is 1.91. The van der Waals surface area contributed by atoms with Gasteiger partial charge < -0.3 is 14.5 Å². The highest BCUT2D eigenvalue weighted by molar-refractivity contribution is 5.87. The van der Waals surface area contributed by atoms with Crippen LogP contribution in [0.2, 0.25) is 0 Å². The van der Waals surface area contributed by atoms with Crippen LogP contribution in [0.4, 0.5) is 0 Å². The molecule has 2 aromatic rings. The molecule has 0 bridgehead atoms. The van der Waals surface area contributed by atoms with E-state index in [-0.39, 0.29) is 18.4 Å². The molecule has 0 radical (unpaired) electrons. The highest BCUT2D eigenvalue weighted by atomic mass is 16.5. The van der Waals surface area contributed by atoms with Crippen molar-refractivity contribution in [2.24, 2.45) is 0 Å². The summed E-state index contributed by atoms with van der Waals surface area (Å²) < 4.78 is 5.75. The fourth-order valence-electron chi connectivity index (χ4n) is 3.89. The minimum atomic E-state index is -0.674. The van der Waals surface area contributed by atoms with Crippen LogP contribution < -0.4 is 0 Å². The SMILES string of the molecule is Cc1ccccc1[C@@H]1[C@@H](C(=O)N2CC(c3ccncc3)C2)OCC(=O)N1C. The highest BCUT2D eigenvalue weighted by Gasteiger charge is 2.44. The number of likely N-dealkylation sites (N-methyl/N-ethyl adjacent to an activating group) is 1. The Kier molecular flexibility index (Phi) is 4.66. The number of likely N-dealkylation sites (tertiary alicyclic amines) is 1. The van der Waals surface area contributed by atoms with Crippen molar-refractivity contribution in [3.8, 4) is 0 Å². The monoisotopic (exact) mass is 365 g/mol. The van der Waals surface area contributed by atoms with Gasteiger partial charge in [-0.2, -0.15) is 0 Å². The summed E-state index contributed by atoms with van der Waals surface area (Å²) in [5.41, 5.74) is 3.20. The van der Waals surface area contributed by atoms with Crippen molar-refractivity contribution in [2.75, 3.05) is 26.7 Å². The fourth-order valence-corrected chi connectivity index (χ4v) is 3.89. The van der Waals surface area contributed by atoms with E-state index >= 15 is 0 Å². The van der Waals surface area contributed by atoms with Gasteiger partial charge >= 0.3 is 0 Å². The largest absolute Gasteiger partial charge is 0.356 e. The van der Waals surface area contributed by atoms with E-state index in [0.717, 1.165) is 11.1 Å². The number of carbonyl (C=O) groups excluding carboxylic acids is 2. The molecule has 2 aliphatic heterocycles. The molecule has 6 nitrogen and oxygen atoms in total. The Bertz CT molecular complexity index is 849. The van der Waals surface area contributed by atoms with Crippen LogP contribution in [0.1, 0.15) is 28.7 Å². The van der Waals surface area contributed by atoms with Crippen molar-refractivity contribution in [2.45, 2.75) is 25.0 Å². The second-order valence-electron chi connectivity index (χ2n) is 7.26. The number of aryl methyl sites for hydroxylation is 1. The Morgan fingerprint density at radius 3 is 2.56 bits per heavy atom. The maximum absolute atomic E-state index is 13.2. The molecule has 0 N–H and O–H groups in total. The Morgan fingerprint density at radius 1 is 1.15 bits per heavy atom. The molecule has 2 saturated heterocycles. The standard InChI is InChI=1S/C21H23N3O3/c1-14-5-3-4-6-17(14)19-20(27-13-18(25)23(19)2)21(26)24-11-16(12-24)15-7-9-22-10-8-15/h3-10,16,19-20H,11-13H2,1-2H3/t19-,20+/m1/s1. The molecule has 0 unspecified atom stereocenters. The molecule has 3 heterocycles. The van der Waals surface area contributed by atoms with Gasteiger partial charge in [0.25, 0.3) is 5.91 Å². The highest BCUT2D eigenvalue weighted by Crippen LogP contribution is 2.34. The van der Waals surface area contributed by atoms with Crippen LogP contribution >= 0.6 is 0 Å². The van der Waals surface area contributed by atoms with Crippen molar-refractivity contribution in [1.82, 2.24) is 14.8 Å². The molecule has 1 aromatic heterocycles. The number of hydrogen-bond acceptors (Lipinski definition) is 4.